The van der Waals surface area contributed by atoms with Crippen LogP contribution in [0.5, 0.6) is 5.75 Å². The summed E-state index contributed by atoms with van der Waals surface area (Å²) in [5.41, 5.74) is 6.17. The Labute approximate surface area is 101 Å². The third-order valence-electron chi connectivity index (χ3n) is 2.05. The molecular weight excluding hydrogens is 274 g/mol. The lowest BCUT2D eigenvalue weighted by Crippen LogP contribution is -1.96. The standard InChI is InChI=1S/C10H10BrN3O2/c1-15-9-6(3-2-4-7(9)11)10-13-8(5-12)16-14-10/h2-4H,5,12H2,1H3. The molecule has 0 spiro atoms. The van der Waals surface area contributed by atoms with Crippen molar-refractivity contribution in [1.82, 2.24) is 10.1 Å². The SMILES string of the molecule is COc1c(Br)cccc1-c1noc(CN)n1. The predicted molar refractivity (Wildman–Crippen MR) is 61.9 cm³/mol. The molecule has 6 heteroatoms. The van der Waals surface area contributed by atoms with Crippen LogP contribution in [0, 0.1) is 0 Å². The van der Waals surface area contributed by atoms with Gasteiger partial charge in [-0.15, -0.1) is 0 Å². The van der Waals surface area contributed by atoms with Crippen LogP contribution in [0.4, 0.5) is 0 Å². The van der Waals surface area contributed by atoms with E-state index in [0.717, 1.165) is 10.0 Å². The highest BCUT2D eigenvalue weighted by Crippen LogP contribution is 2.34. The van der Waals surface area contributed by atoms with Gasteiger partial charge in [-0.1, -0.05) is 11.2 Å². The van der Waals surface area contributed by atoms with Crippen molar-refractivity contribution in [2.24, 2.45) is 5.73 Å². The van der Waals surface area contributed by atoms with Crippen molar-refractivity contribution < 1.29 is 9.26 Å². The molecule has 84 valence electrons. The highest BCUT2D eigenvalue weighted by Gasteiger charge is 2.14. The van der Waals surface area contributed by atoms with Crippen molar-refractivity contribution in [3.63, 3.8) is 0 Å². The van der Waals surface area contributed by atoms with Crippen LogP contribution in [0.15, 0.2) is 27.2 Å². The Morgan fingerprint density at radius 1 is 1.50 bits per heavy atom. The van der Waals surface area contributed by atoms with Gasteiger partial charge in [0.15, 0.2) is 0 Å². The van der Waals surface area contributed by atoms with Crippen LogP contribution in [-0.2, 0) is 6.54 Å². The van der Waals surface area contributed by atoms with Gasteiger partial charge in [-0.2, -0.15) is 4.98 Å². The van der Waals surface area contributed by atoms with Crippen LogP contribution in [0.2, 0.25) is 0 Å². The lowest BCUT2D eigenvalue weighted by Gasteiger charge is -2.06. The average Bonchev–Trinajstić information content (AvgIpc) is 2.77. The summed E-state index contributed by atoms with van der Waals surface area (Å²) in [6.45, 7) is 0.226. The molecule has 0 aliphatic rings. The minimum absolute atomic E-state index is 0.226. The molecular formula is C10H10BrN3O2. The van der Waals surface area contributed by atoms with Crippen molar-refractivity contribution in [3.8, 4) is 17.1 Å². The Bertz CT molecular complexity index is 499. The summed E-state index contributed by atoms with van der Waals surface area (Å²) < 4.78 is 11.1. The summed E-state index contributed by atoms with van der Waals surface area (Å²) in [5, 5.41) is 3.84. The number of nitrogens with zero attached hydrogens (tertiary/aromatic N) is 2. The minimum atomic E-state index is 0.226. The fourth-order valence-electron chi connectivity index (χ4n) is 1.34. The van der Waals surface area contributed by atoms with Crippen molar-refractivity contribution in [1.29, 1.82) is 0 Å². The molecule has 2 aromatic rings. The number of methoxy groups -OCH3 is 1. The number of nitrogens with two attached hydrogens (primary N) is 1. The molecule has 1 aromatic carbocycles. The first-order valence-electron chi connectivity index (χ1n) is 4.61. The van der Waals surface area contributed by atoms with Crippen molar-refractivity contribution in [2.45, 2.75) is 6.54 Å². The molecule has 2 rings (SSSR count). The topological polar surface area (TPSA) is 74.2 Å². The maximum atomic E-state index is 5.40. The average molecular weight is 284 g/mol. The fraction of sp³-hybridized carbons (Fsp3) is 0.200. The second-order valence-corrected chi connectivity index (χ2v) is 3.89. The minimum Gasteiger partial charge on any atom is -0.495 e. The van der Waals surface area contributed by atoms with Gasteiger partial charge in [0.2, 0.25) is 11.7 Å². The first kappa shape index (κ1) is 11.1. The van der Waals surface area contributed by atoms with Crippen LogP contribution in [0.3, 0.4) is 0 Å². The summed E-state index contributed by atoms with van der Waals surface area (Å²) in [6.07, 6.45) is 0. The number of benzene rings is 1. The van der Waals surface area contributed by atoms with E-state index in [-0.39, 0.29) is 6.54 Å². The van der Waals surface area contributed by atoms with Crippen LogP contribution in [0.1, 0.15) is 5.89 Å². The van der Waals surface area contributed by atoms with E-state index in [9.17, 15) is 0 Å². The maximum absolute atomic E-state index is 5.40. The second kappa shape index (κ2) is 4.63. The lowest BCUT2D eigenvalue weighted by atomic mass is 10.2. The third kappa shape index (κ3) is 1.94. The summed E-state index contributed by atoms with van der Waals surface area (Å²) >= 11 is 3.39. The number of aromatic nitrogens is 2. The van der Waals surface area contributed by atoms with Crippen LogP contribution in [0.25, 0.3) is 11.4 Å². The maximum Gasteiger partial charge on any atom is 0.240 e. The molecule has 0 bridgehead atoms. The molecule has 0 saturated carbocycles. The largest absolute Gasteiger partial charge is 0.495 e. The number of hydrogen-bond donors (Lipinski definition) is 1. The summed E-state index contributed by atoms with van der Waals surface area (Å²) in [6, 6.07) is 5.61. The Morgan fingerprint density at radius 2 is 2.31 bits per heavy atom. The van der Waals surface area contributed by atoms with E-state index >= 15 is 0 Å². The second-order valence-electron chi connectivity index (χ2n) is 3.04. The van der Waals surface area contributed by atoms with Crippen LogP contribution >= 0.6 is 15.9 Å². The monoisotopic (exact) mass is 283 g/mol. The molecule has 0 unspecified atom stereocenters. The zero-order valence-corrected chi connectivity index (χ0v) is 10.2. The highest BCUT2D eigenvalue weighted by molar-refractivity contribution is 9.10. The Kier molecular flexibility index (Phi) is 3.21. The third-order valence-corrected chi connectivity index (χ3v) is 2.68. The van der Waals surface area contributed by atoms with Crippen molar-refractivity contribution in [2.75, 3.05) is 7.11 Å². The molecule has 0 saturated heterocycles. The Balaban J connectivity index is 2.50. The van der Waals surface area contributed by atoms with E-state index in [0.29, 0.717) is 17.5 Å². The van der Waals surface area contributed by atoms with Gasteiger partial charge in [-0.25, -0.2) is 0 Å². The normalized spacial score (nSPS) is 10.4. The summed E-state index contributed by atoms with van der Waals surface area (Å²) in [4.78, 5) is 4.15. The van der Waals surface area contributed by atoms with E-state index in [1.165, 1.54) is 0 Å². The van der Waals surface area contributed by atoms with Gasteiger partial charge in [0.25, 0.3) is 0 Å². The van der Waals surface area contributed by atoms with Gasteiger partial charge in [0.05, 0.1) is 23.7 Å². The van der Waals surface area contributed by atoms with E-state index in [1.54, 1.807) is 7.11 Å². The Hall–Kier alpha value is -1.40. The lowest BCUT2D eigenvalue weighted by molar-refractivity contribution is 0.379. The number of para-hydroxylation sites is 1. The smallest absolute Gasteiger partial charge is 0.240 e. The van der Waals surface area contributed by atoms with Gasteiger partial charge in [-0.05, 0) is 28.1 Å². The molecule has 0 amide bonds. The molecule has 0 aliphatic heterocycles. The van der Waals surface area contributed by atoms with Gasteiger partial charge >= 0.3 is 0 Å². The van der Waals surface area contributed by atoms with Gasteiger partial charge in [-0.3, -0.25) is 0 Å². The van der Waals surface area contributed by atoms with Gasteiger partial charge in [0, 0.05) is 0 Å². The van der Waals surface area contributed by atoms with E-state index < -0.39 is 0 Å². The van der Waals surface area contributed by atoms with Gasteiger partial charge in [0.1, 0.15) is 5.75 Å². The van der Waals surface area contributed by atoms with Crippen LogP contribution in [-0.4, -0.2) is 17.3 Å². The molecule has 0 fully saturated rings. The molecule has 2 N–H and O–H groups in total. The van der Waals surface area contributed by atoms with E-state index in [1.807, 2.05) is 18.2 Å². The quantitative estimate of drug-likeness (QED) is 0.932. The van der Waals surface area contributed by atoms with Crippen LogP contribution < -0.4 is 10.5 Å². The Morgan fingerprint density at radius 3 is 2.94 bits per heavy atom. The predicted octanol–water partition coefficient (Wildman–Crippen LogP) is 1.97. The molecule has 5 nitrogen and oxygen atoms in total. The molecule has 1 heterocycles. The summed E-state index contributed by atoms with van der Waals surface area (Å²) in [7, 11) is 1.59. The molecule has 16 heavy (non-hydrogen) atoms. The number of hydrogen-bond acceptors (Lipinski definition) is 5. The van der Waals surface area contributed by atoms with E-state index in [2.05, 4.69) is 26.1 Å². The first-order chi connectivity index (χ1) is 7.76. The number of rotatable bonds is 3. The van der Waals surface area contributed by atoms with Gasteiger partial charge < -0.3 is 15.0 Å². The molecule has 0 radical (unpaired) electrons. The van der Waals surface area contributed by atoms with Crippen molar-refractivity contribution in [3.05, 3.63) is 28.6 Å². The van der Waals surface area contributed by atoms with E-state index in [4.69, 9.17) is 15.0 Å². The number of ether oxygens (including phenoxy) is 1. The zero-order valence-electron chi connectivity index (χ0n) is 8.61. The fourth-order valence-corrected chi connectivity index (χ4v) is 1.87. The highest BCUT2D eigenvalue weighted by atomic mass is 79.9. The summed E-state index contributed by atoms with van der Waals surface area (Å²) in [5.74, 6) is 1.54. The van der Waals surface area contributed by atoms with Crippen molar-refractivity contribution >= 4 is 15.9 Å². The molecule has 1 aromatic heterocycles. The number of halogens is 1. The zero-order chi connectivity index (χ0) is 11.5. The first-order valence-corrected chi connectivity index (χ1v) is 5.41. The molecule has 0 atom stereocenters. The molecule has 0 aliphatic carbocycles.